The van der Waals surface area contributed by atoms with Crippen molar-refractivity contribution < 1.29 is 4.74 Å². The summed E-state index contributed by atoms with van der Waals surface area (Å²) in [6, 6.07) is 4.31. The smallest absolute Gasteiger partial charge is 0.144 e. The largest absolute Gasteiger partial charge is 0.378 e. The number of nitriles is 1. The van der Waals surface area contributed by atoms with E-state index in [1.54, 1.807) is 0 Å². The van der Waals surface area contributed by atoms with Gasteiger partial charge in [-0.3, -0.25) is 0 Å². The van der Waals surface area contributed by atoms with E-state index in [-0.39, 0.29) is 0 Å². The molecule has 1 saturated heterocycles. The van der Waals surface area contributed by atoms with Crippen LogP contribution in [0.3, 0.4) is 0 Å². The number of anilines is 1. The number of ether oxygens (including phenoxy) is 1. The molecule has 21 heavy (non-hydrogen) atoms. The Bertz CT molecular complexity index is 530. The normalized spacial score (nSPS) is 21.4. The van der Waals surface area contributed by atoms with Crippen LogP contribution in [-0.4, -0.2) is 24.2 Å². The highest BCUT2D eigenvalue weighted by Gasteiger charge is 2.16. The quantitative estimate of drug-likeness (QED) is 0.923. The highest BCUT2D eigenvalue weighted by Crippen LogP contribution is 2.24. The molecule has 3 rings (SSSR count). The molecule has 0 spiro atoms. The van der Waals surface area contributed by atoms with Gasteiger partial charge in [-0.2, -0.15) is 5.26 Å². The van der Waals surface area contributed by atoms with Crippen LogP contribution in [0, 0.1) is 11.3 Å². The van der Waals surface area contributed by atoms with E-state index >= 15 is 0 Å². The lowest BCUT2D eigenvalue weighted by atomic mass is 9.95. The zero-order chi connectivity index (χ0) is 14.5. The summed E-state index contributed by atoms with van der Waals surface area (Å²) in [5.41, 5.74) is 3.12. The summed E-state index contributed by atoms with van der Waals surface area (Å²) in [5.74, 6) is 0.758. The summed E-state index contributed by atoms with van der Waals surface area (Å²) in [5, 5.41) is 12.7. The Morgan fingerprint density at radius 1 is 1.29 bits per heavy atom. The summed E-state index contributed by atoms with van der Waals surface area (Å²) in [4.78, 5) is 4.69. The highest BCUT2D eigenvalue weighted by atomic mass is 16.5. The number of nitrogens with one attached hydrogen (secondary N) is 1. The highest BCUT2D eigenvalue weighted by molar-refractivity contribution is 5.54. The molecular weight excluding hydrogens is 262 g/mol. The Morgan fingerprint density at radius 3 is 3.00 bits per heavy atom. The number of aromatic nitrogens is 1. The molecule has 1 aliphatic heterocycles. The van der Waals surface area contributed by atoms with E-state index in [1.165, 1.54) is 36.9 Å². The number of hydrogen-bond acceptors (Lipinski definition) is 4. The van der Waals surface area contributed by atoms with Crippen LogP contribution >= 0.6 is 0 Å². The number of fused-ring (bicyclic) bond motifs is 1. The zero-order valence-corrected chi connectivity index (χ0v) is 12.5. The Hall–Kier alpha value is -1.60. The fourth-order valence-electron chi connectivity index (χ4n) is 3.24. The molecule has 1 atom stereocenters. The van der Waals surface area contributed by atoms with Crippen LogP contribution in [0.25, 0.3) is 0 Å². The van der Waals surface area contributed by atoms with Gasteiger partial charge < -0.3 is 10.1 Å². The van der Waals surface area contributed by atoms with Gasteiger partial charge in [-0.15, -0.1) is 0 Å². The topological polar surface area (TPSA) is 57.9 Å². The molecule has 0 amide bonds. The van der Waals surface area contributed by atoms with Gasteiger partial charge in [-0.05, 0) is 63.0 Å². The van der Waals surface area contributed by atoms with Crippen LogP contribution in [0.2, 0.25) is 0 Å². The van der Waals surface area contributed by atoms with Crippen molar-refractivity contribution >= 4 is 5.82 Å². The predicted octanol–water partition coefficient (Wildman–Crippen LogP) is 3.20. The second-order valence-electron chi connectivity index (χ2n) is 6.01. The molecule has 0 aromatic carbocycles. The van der Waals surface area contributed by atoms with E-state index in [0.29, 0.717) is 11.7 Å². The van der Waals surface area contributed by atoms with Crippen LogP contribution in [0.5, 0.6) is 0 Å². The molecule has 4 nitrogen and oxygen atoms in total. The average Bonchev–Trinajstić information content (AvgIpc) is 2.55. The molecule has 112 valence electrons. The minimum atomic E-state index is 0.370. The van der Waals surface area contributed by atoms with Crippen LogP contribution in [-0.2, 0) is 17.6 Å². The van der Waals surface area contributed by atoms with Crippen LogP contribution in [0.1, 0.15) is 55.3 Å². The van der Waals surface area contributed by atoms with E-state index in [4.69, 9.17) is 9.72 Å². The van der Waals surface area contributed by atoms with Crippen molar-refractivity contribution in [3.8, 4) is 6.07 Å². The lowest BCUT2D eigenvalue weighted by Crippen LogP contribution is -2.22. The maximum Gasteiger partial charge on any atom is 0.144 e. The fourth-order valence-corrected chi connectivity index (χ4v) is 3.24. The van der Waals surface area contributed by atoms with Crippen molar-refractivity contribution in [2.45, 2.75) is 57.5 Å². The van der Waals surface area contributed by atoms with Crippen molar-refractivity contribution in [3.05, 3.63) is 22.9 Å². The molecule has 1 unspecified atom stereocenters. The first kappa shape index (κ1) is 14.3. The third-order valence-electron chi connectivity index (χ3n) is 4.45. The summed E-state index contributed by atoms with van der Waals surface area (Å²) in [6.07, 6.45) is 9.50. The lowest BCUT2D eigenvalue weighted by Gasteiger charge is -2.23. The van der Waals surface area contributed by atoms with Crippen molar-refractivity contribution in [1.29, 1.82) is 5.26 Å². The van der Waals surface area contributed by atoms with Crippen molar-refractivity contribution in [2.75, 3.05) is 18.5 Å². The van der Waals surface area contributed by atoms with E-state index in [2.05, 4.69) is 11.4 Å². The first-order valence-electron chi connectivity index (χ1n) is 8.15. The van der Waals surface area contributed by atoms with Gasteiger partial charge >= 0.3 is 0 Å². The number of nitrogens with zero attached hydrogens (tertiary/aromatic N) is 2. The molecule has 1 aromatic rings. The van der Waals surface area contributed by atoms with Gasteiger partial charge in [0.05, 0.1) is 11.7 Å². The minimum Gasteiger partial charge on any atom is -0.378 e. The minimum absolute atomic E-state index is 0.370. The summed E-state index contributed by atoms with van der Waals surface area (Å²) in [7, 11) is 0. The fraction of sp³-hybridized carbons (Fsp3) is 0.647. The van der Waals surface area contributed by atoms with Gasteiger partial charge in [-0.1, -0.05) is 0 Å². The molecule has 1 N–H and O–H groups in total. The molecule has 2 aliphatic rings. The number of pyridine rings is 1. The summed E-state index contributed by atoms with van der Waals surface area (Å²) < 4.78 is 5.74. The summed E-state index contributed by atoms with van der Waals surface area (Å²) in [6.45, 7) is 1.72. The van der Waals surface area contributed by atoms with E-state index in [0.717, 1.165) is 44.7 Å². The van der Waals surface area contributed by atoms with Crippen molar-refractivity contribution in [1.82, 2.24) is 4.98 Å². The molecule has 4 heteroatoms. The number of aryl methyl sites for hydroxylation is 2. The zero-order valence-electron chi connectivity index (χ0n) is 12.5. The van der Waals surface area contributed by atoms with Gasteiger partial charge in [0.15, 0.2) is 0 Å². The molecule has 1 aromatic heterocycles. The monoisotopic (exact) mass is 285 g/mol. The second-order valence-corrected chi connectivity index (χ2v) is 6.01. The third-order valence-corrected chi connectivity index (χ3v) is 4.45. The molecule has 0 radical (unpaired) electrons. The number of hydrogen-bond donors (Lipinski definition) is 1. The second kappa shape index (κ2) is 6.91. The molecule has 2 heterocycles. The standard InChI is InChI=1S/C17H23N3O/c18-12-14-11-13-5-1-2-7-16(13)20-17(14)19-9-8-15-6-3-4-10-21-15/h11,15H,1-10H2,(H,19,20). The van der Waals surface area contributed by atoms with E-state index in [9.17, 15) is 5.26 Å². The summed E-state index contributed by atoms with van der Waals surface area (Å²) >= 11 is 0. The van der Waals surface area contributed by atoms with Gasteiger partial charge in [0.1, 0.15) is 11.9 Å². The Kier molecular flexibility index (Phi) is 4.72. The predicted molar refractivity (Wildman–Crippen MR) is 82.3 cm³/mol. The molecular formula is C17H23N3O. The van der Waals surface area contributed by atoms with Crippen LogP contribution in [0.4, 0.5) is 5.82 Å². The lowest BCUT2D eigenvalue weighted by molar-refractivity contribution is 0.0134. The van der Waals surface area contributed by atoms with E-state index in [1.807, 2.05) is 6.07 Å². The molecule has 0 saturated carbocycles. The molecule has 0 bridgehead atoms. The molecule has 1 aliphatic carbocycles. The Labute approximate surface area is 126 Å². The van der Waals surface area contributed by atoms with Crippen molar-refractivity contribution in [3.63, 3.8) is 0 Å². The van der Waals surface area contributed by atoms with E-state index < -0.39 is 0 Å². The van der Waals surface area contributed by atoms with Gasteiger partial charge in [-0.25, -0.2) is 4.98 Å². The van der Waals surface area contributed by atoms with Gasteiger partial charge in [0.25, 0.3) is 0 Å². The first-order valence-corrected chi connectivity index (χ1v) is 8.15. The number of rotatable bonds is 4. The third kappa shape index (κ3) is 3.54. The van der Waals surface area contributed by atoms with Gasteiger partial charge in [0.2, 0.25) is 0 Å². The van der Waals surface area contributed by atoms with Crippen LogP contribution in [0.15, 0.2) is 6.07 Å². The maximum absolute atomic E-state index is 9.31. The average molecular weight is 285 g/mol. The van der Waals surface area contributed by atoms with Crippen molar-refractivity contribution in [2.24, 2.45) is 0 Å². The SMILES string of the molecule is N#Cc1cc2c(nc1NCCC1CCCCO1)CCCC2. The first-order chi connectivity index (χ1) is 10.4. The Morgan fingerprint density at radius 2 is 2.19 bits per heavy atom. The Balaban J connectivity index is 1.62. The maximum atomic E-state index is 9.31. The van der Waals surface area contributed by atoms with Gasteiger partial charge in [0, 0.05) is 18.8 Å². The van der Waals surface area contributed by atoms with Crippen LogP contribution < -0.4 is 5.32 Å². The molecule has 1 fully saturated rings.